The van der Waals surface area contributed by atoms with Gasteiger partial charge in [0.2, 0.25) is 0 Å². The number of hydrogen-bond acceptors (Lipinski definition) is 6. The molecule has 8 heteroatoms. The number of hydrogen-bond donors (Lipinski definition) is 2. The second kappa shape index (κ2) is 14.5. The first-order valence-corrected chi connectivity index (χ1v) is 14.0. The van der Waals surface area contributed by atoms with Gasteiger partial charge in [-0.2, -0.15) is 0 Å². The van der Waals surface area contributed by atoms with Crippen LogP contribution in [0.15, 0.2) is 114 Å². The van der Waals surface area contributed by atoms with Crippen LogP contribution >= 0.6 is 11.8 Å². The first-order chi connectivity index (χ1) is 19.9. The fourth-order valence-corrected chi connectivity index (χ4v) is 4.57. The molecule has 0 aliphatic heterocycles. The molecule has 0 aliphatic carbocycles. The normalized spacial score (nSPS) is 10.9. The molecular weight excluding hydrogens is 536 g/mol. The standard InChI is InChI=1S/C33H30N2O5S/c1-3-40-28-15-9-23(10-16-28)21-30(35-32(37)25-7-5-4-6-8-25)33(38)34-26-13-19-29(20-14-26)41-22-31(36)24-11-17-27(39-2)18-12-24/h4-21H,3,22H2,1-2H3,(H,34,38)(H,35,37)/b30-21-. The minimum Gasteiger partial charge on any atom is -0.497 e. The van der Waals surface area contributed by atoms with Crippen LogP contribution in [0.1, 0.15) is 33.2 Å². The third-order valence-electron chi connectivity index (χ3n) is 5.93. The van der Waals surface area contributed by atoms with Gasteiger partial charge in [-0.3, -0.25) is 14.4 Å². The van der Waals surface area contributed by atoms with E-state index in [0.717, 1.165) is 10.5 Å². The number of ether oxygens (including phenoxy) is 2. The van der Waals surface area contributed by atoms with Gasteiger partial charge < -0.3 is 20.1 Å². The Labute approximate surface area is 243 Å². The average Bonchev–Trinajstić information content (AvgIpc) is 3.01. The number of benzene rings is 4. The Morgan fingerprint density at radius 2 is 1.44 bits per heavy atom. The van der Waals surface area contributed by atoms with Gasteiger partial charge in [-0.25, -0.2) is 0 Å². The van der Waals surface area contributed by atoms with Crippen LogP contribution in [0, 0.1) is 0 Å². The summed E-state index contributed by atoms with van der Waals surface area (Å²) in [5.41, 5.74) is 2.41. The first kappa shape index (κ1) is 29.2. The maximum atomic E-state index is 13.3. The fourth-order valence-electron chi connectivity index (χ4n) is 3.78. The predicted molar refractivity (Wildman–Crippen MR) is 163 cm³/mol. The summed E-state index contributed by atoms with van der Waals surface area (Å²) >= 11 is 1.41. The molecule has 0 spiro atoms. The molecule has 0 unspecified atom stereocenters. The molecule has 4 rings (SSSR count). The van der Waals surface area contributed by atoms with Crippen LogP contribution in [0.2, 0.25) is 0 Å². The second-order valence-electron chi connectivity index (χ2n) is 8.80. The quantitative estimate of drug-likeness (QED) is 0.116. The number of amides is 2. The van der Waals surface area contributed by atoms with E-state index in [1.54, 1.807) is 86.0 Å². The molecule has 0 fully saturated rings. The summed E-state index contributed by atoms with van der Waals surface area (Å²) in [5, 5.41) is 5.58. The van der Waals surface area contributed by atoms with Crippen molar-refractivity contribution in [3.63, 3.8) is 0 Å². The number of carbonyl (C=O) groups excluding carboxylic acids is 3. The van der Waals surface area contributed by atoms with Crippen molar-refractivity contribution in [3.8, 4) is 11.5 Å². The zero-order valence-corrected chi connectivity index (χ0v) is 23.6. The van der Waals surface area contributed by atoms with Crippen LogP contribution in [0.3, 0.4) is 0 Å². The Hall–Kier alpha value is -4.82. The van der Waals surface area contributed by atoms with Crippen molar-refractivity contribution in [3.05, 3.63) is 126 Å². The van der Waals surface area contributed by atoms with Gasteiger partial charge in [0.15, 0.2) is 5.78 Å². The predicted octanol–water partition coefficient (Wildman–Crippen LogP) is 6.48. The maximum Gasteiger partial charge on any atom is 0.272 e. The van der Waals surface area contributed by atoms with E-state index in [4.69, 9.17) is 9.47 Å². The third kappa shape index (κ3) is 8.58. The van der Waals surface area contributed by atoms with Crippen LogP contribution in [0.4, 0.5) is 5.69 Å². The lowest BCUT2D eigenvalue weighted by molar-refractivity contribution is -0.113. The van der Waals surface area contributed by atoms with E-state index in [-0.39, 0.29) is 17.2 Å². The van der Waals surface area contributed by atoms with Crippen molar-refractivity contribution in [2.45, 2.75) is 11.8 Å². The van der Waals surface area contributed by atoms with Gasteiger partial charge >= 0.3 is 0 Å². The lowest BCUT2D eigenvalue weighted by atomic mass is 10.1. The molecule has 7 nitrogen and oxygen atoms in total. The summed E-state index contributed by atoms with van der Waals surface area (Å²) in [6.45, 7) is 2.45. The molecule has 4 aromatic rings. The number of thioether (sulfide) groups is 1. The first-order valence-electron chi connectivity index (χ1n) is 13.0. The monoisotopic (exact) mass is 566 g/mol. The Balaban J connectivity index is 1.43. The molecule has 41 heavy (non-hydrogen) atoms. The molecule has 2 N–H and O–H groups in total. The molecule has 4 aromatic carbocycles. The Morgan fingerprint density at radius 1 is 0.780 bits per heavy atom. The van der Waals surface area contributed by atoms with E-state index >= 15 is 0 Å². The number of anilines is 1. The van der Waals surface area contributed by atoms with Crippen LogP contribution < -0.4 is 20.1 Å². The van der Waals surface area contributed by atoms with E-state index in [1.165, 1.54) is 11.8 Å². The molecule has 0 saturated heterocycles. The van der Waals surface area contributed by atoms with E-state index < -0.39 is 11.8 Å². The molecule has 0 atom stereocenters. The van der Waals surface area contributed by atoms with Crippen LogP contribution in [0.5, 0.6) is 11.5 Å². The highest BCUT2D eigenvalue weighted by molar-refractivity contribution is 8.00. The van der Waals surface area contributed by atoms with Gasteiger partial charge in [-0.1, -0.05) is 30.3 Å². The van der Waals surface area contributed by atoms with Gasteiger partial charge in [-0.05, 0) is 91.4 Å². The molecule has 2 amide bonds. The maximum absolute atomic E-state index is 13.3. The van der Waals surface area contributed by atoms with Crippen molar-refractivity contribution in [2.24, 2.45) is 0 Å². The highest BCUT2D eigenvalue weighted by atomic mass is 32.2. The van der Waals surface area contributed by atoms with Crippen molar-refractivity contribution in [1.82, 2.24) is 5.32 Å². The van der Waals surface area contributed by atoms with Gasteiger partial charge in [0, 0.05) is 21.7 Å². The number of nitrogens with one attached hydrogen (secondary N) is 2. The smallest absolute Gasteiger partial charge is 0.272 e. The highest BCUT2D eigenvalue weighted by Crippen LogP contribution is 2.23. The zero-order chi connectivity index (χ0) is 29.0. The summed E-state index contributed by atoms with van der Waals surface area (Å²) in [6.07, 6.45) is 1.61. The minimum absolute atomic E-state index is 0.00765. The molecule has 0 aliphatic rings. The highest BCUT2D eigenvalue weighted by Gasteiger charge is 2.15. The van der Waals surface area contributed by atoms with E-state index in [2.05, 4.69) is 10.6 Å². The van der Waals surface area contributed by atoms with E-state index in [1.807, 2.05) is 37.3 Å². The Bertz CT molecular complexity index is 1500. The van der Waals surface area contributed by atoms with E-state index in [0.29, 0.717) is 34.9 Å². The van der Waals surface area contributed by atoms with Crippen molar-refractivity contribution in [1.29, 1.82) is 0 Å². The number of rotatable bonds is 12. The minimum atomic E-state index is -0.474. The SMILES string of the molecule is CCOc1ccc(/C=C(\NC(=O)c2ccccc2)C(=O)Nc2ccc(SCC(=O)c3ccc(OC)cc3)cc2)cc1. The molecule has 0 heterocycles. The lowest BCUT2D eigenvalue weighted by Gasteiger charge is -2.12. The number of Topliss-reactive ketones (excluding diaryl/α,β-unsaturated/α-hetero) is 1. The molecule has 0 saturated carbocycles. The molecular formula is C33H30N2O5S. The summed E-state index contributed by atoms with van der Waals surface area (Å²) in [4.78, 5) is 39.5. The van der Waals surface area contributed by atoms with Crippen LogP contribution in [-0.2, 0) is 4.79 Å². The zero-order valence-electron chi connectivity index (χ0n) is 22.8. The largest absolute Gasteiger partial charge is 0.497 e. The van der Waals surface area contributed by atoms with Crippen molar-refractivity contribution < 1.29 is 23.9 Å². The van der Waals surface area contributed by atoms with Crippen LogP contribution in [-0.4, -0.2) is 37.1 Å². The summed E-state index contributed by atoms with van der Waals surface area (Å²) in [6, 6.07) is 30.1. The van der Waals surface area contributed by atoms with Gasteiger partial charge in [0.25, 0.3) is 11.8 Å². The van der Waals surface area contributed by atoms with E-state index in [9.17, 15) is 14.4 Å². The summed E-state index contributed by atoms with van der Waals surface area (Å²) in [5.74, 6) is 0.827. The lowest BCUT2D eigenvalue weighted by Crippen LogP contribution is -2.30. The number of ketones is 1. The second-order valence-corrected chi connectivity index (χ2v) is 9.85. The summed E-state index contributed by atoms with van der Waals surface area (Å²) in [7, 11) is 1.58. The third-order valence-corrected chi connectivity index (χ3v) is 6.94. The van der Waals surface area contributed by atoms with Gasteiger partial charge in [0.1, 0.15) is 17.2 Å². The Kier molecular flexibility index (Phi) is 10.3. The Morgan fingerprint density at radius 3 is 2.07 bits per heavy atom. The molecule has 0 aromatic heterocycles. The fraction of sp³-hybridized carbons (Fsp3) is 0.121. The number of methoxy groups -OCH3 is 1. The average molecular weight is 567 g/mol. The van der Waals surface area contributed by atoms with Crippen molar-refractivity contribution in [2.75, 3.05) is 24.8 Å². The summed E-state index contributed by atoms with van der Waals surface area (Å²) < 4.78 is 10.6. The number of carbonyl (C=O) groups is 3. The van der Waals surface area contributed by atoms with Gasteiger partial charge in [-0.15, -0.1) is 11.8 Å². The molecule has 0 radical (unpaired) electrons. The molecule has 0 bridgehead atoms. The topological polar surface area (TPSA) is 93.7 Å². The van der Waals surface area contributed by atoms with Crippen molar-refractivity contribution >= 4 is 41.1 Å². The van der Waals surface area contributed by atoms with Crippen LogP contribution in [0.25, 0.3) is 6.08 Å². The van der Waals surface area contributed by atoms with Gasteiger partial charge in [0.05, 0.1) is 19.5 Å². The molecule has 208 valence electrons.